The van der Waals surface area contributed by atoms with E-state index in [1.807, 2.05) is 48.5 Å². The van der Waals surface area contributed by atoms with Crippen molar-refractivity contribution < 1.29 is 33.7 Å². The van der Waals surface area contributed by atoms with Gasteiger partial charge in [-0.15, -0.1) is 0 Å². The predicted octanol–water partition coefficient (Wildman–Crippen LogP) is 10.7. The number of nitrogens with one attached hydrogen (secondary N) is 1. The Morgan fingerprint density at radius 2 is 1.56 bits per heavy atom. The summed E-state index contributed by atoms with van der Waals surface area (Å²) >= 11 is 0. The van der Waals surface area contributed by atoms with Crippen molar-refractivity contribution in [1.82, 2.24) is 0 Å². The monoisotopic (exact) mass is 703 g/mol. The first kappa shape index (κ1) is 36.7. The zero-order chi connectivity index (χ0) is 36.8. The number of anilines is 1. The van der Waals surface area contributed by atoms with Crippen molar-refractivity contribution in [3.63, 3.8) is 0 Å². The highest BCUT2D eigenvalue weighted by Crippen LogP contribution is 2.45. The fourth-order valence-electron chi connectivity index (χ4n) is 7.61. The van der Waals surface area contributed by atoms with E-state index < -0.39 is 12.1 Å². The quantitative estimate of drug-likeness (QED) is 0.118. The summed E-state index contributed by atoms with van der Waals surface area (Å²) in [5.41, 5.74) is 5.31. The van der Waals surface area contributed by atoms with Gasteiger partial charge in [0.15, 0.2) is 0 Å². The van der Waals surface area contributed by atoms with Gasteiger partial charge in [0, 0.05) is 29.2 Å². The molecule has 4 aromatic rings. The van der Waals surface area contributed by atoms with Gasteiger partial charge in [-0.1, -0.05) is 101 Å². The van der Waals surface area contributed by atoms with Crippen molar-refractivity contribution in [3.05, 3.63) is 118 Å². The molecule has 2 N–H and O–H groups in total. The minimum Gasteiger partial charge on any atom is -0.478 e. The molecule has 1 aliphatic heterocycles. The molecule has 272 valence electrons. The van der Waals surface area contributed by atoms with Crippen LogP contribution in [0.1, 0.15) is 116 Å². The number of fused-ring (bicyclic) bond motifs is 2. The van der Waals surface area contributed by atoms with Crippen LogP contribution in [0.25, 0.3) is 0 Å². The lowest BCUT2D eigenvalue weighted by Gasteiger charge is -2.28. The van der Waals surface area contributed by atoms with Crippen LogP contribution in [0.15, 0.2) is 84.9 Å². The fourth-order valence-corrected chi connectivity index (χ4v) is 7.61. The number of aryl methyl sites for hydroxylation is 2. The number of benzene rings is 4. The molecule has 8 heteroatoms. The number of carbonyl (C=O) groups is 3. The number of carboxylic acid groups (broad SMARTS) is 1. The number of hydrogen-bond acceptors (Lipinski definition) is 6. The molecule has 1 amide bonds. The van der Waals surface area contributed by atoms with E-state index >= 15 is 0 Å². The summed E-state index contributed by atoms with van der Waals surface area (Å²) in [6, 6.07) is 26.4. The van der Waals surface area contributed by atoms with Crippen LogP contribution >= 0.6 is 0 Å². The van der Waals surface area contributed by atoms with Gasteiger partial charge >= 0.3 is 12.1 Å². The van der Waals surface area contributed by atoms with Crippen molar-refractivity contribution in [3.8, 4) is 17.2 Å². The zero-order valence-corrected chi connectivity index (χ0v) is 30.6. The van der Waals surface area contributed by atoms with Crippen molar-refractivity contribution in [2.45, 2.75) is 103 Å². The largest absolute Gasteiger partial charge is 0.514 e. The van der Waals surface area contributed by atoms with Crippen LogP contribution in [0.2, 0.25) is 0 Å². The van der Waals surface area contributed by atoms with Crippen LogP contribution in [-0.2, 0) is 21.4 Å². The van der Waals surface area contributed by atoms with E-state index in [1.165, 1.54) is 37.5 Å². The Labute approximate surface area is 306 Å². The average molecular weight is 704 g/mol. The molecule has 1 saturated carbocycles. The summed E-state index contributed by atoms with van der Waals surface area (Å²) in [6.45, 7) is 8.12. The van der Waals surface area contributed by atoms with Crippen molar-refractivity contribution in [1.29, 1.82) is 0 Å². The highest BCUT2D eigenvalue weighted by molar-refractivity contribution is 5.93. The fraction of sp³-hybridized carbons (Fsp3) is 0.386. The Morgan fingerprint density at radius 1 is 0.885 bits per heavy atom. The van der Waals surface area contributed by atoms with Gasteiger partial charge in [0.25, 0.3) is 0 Å². The lowest BCUT2D eigenvalue weighted by Crippen LogP contribution is -2.25. The zero-order valence-electron chi connectivity index (χ0n) is 30.6. The lowest BCUT2D eigenvalue weighted by atomic mass is 9.83. The van der Waals surface area contributed by atoms with E-state index in [0.29, 0.717) is 24.3 Å². The summed E-state index contributed by atoms with van der Waals surface area (Å²) in [5.74, 6) is 1.04. The average Bonchev–Trinajstić information content (AvgIpc) is 3.11. The third-order valence-electron chi connectivity index (χ3n) is 10.3. The van der Waals surface area contributed by atoms with Gasteiger partial charge in [0.2, 0.25) is 5.91 Å². The summed E-state index contributed by atoms with van der Waals surface area (Å²) in [7, 11) is 0. The maximum Gasteiger partial charge on any atom is 0.514 e. The summed E-state index contributed by atoms with van der Waals surface area (Å²) in [6.07, 6.45) is 6.93. The maximum absolute atomic E-state index is 13.9. The van der Waals surface area contributed by atoms with Gasteiger partial charge in [-0.2, -0.15) is 0 Å². The minimum atomic E-state index is -1.04. The molecule has 1 aliphatic carbocycles. The van der Waals surface area contributed by atoms with Gasteiger partial charge in [-0.3, -0.25) is 4.79 Å². The summed E-state index contributed by atoms with van der Waals surface area (Å²) in [5, 5.41) is 12.6. The second-order valence-corrected chi connectivity index (χ2v) is 15.3. The minimum absolute atomic E-state index is 0.0768. The highest BCUT2D eigenvalue weighted by atomic mass is 16.7. The standard InChI is InChI=1S/C44H49NO7/c1-28-24-31(42(47)48)20-23-38(28)52-43(49)50-32(25-29-12-6-5-7-13-29)21-18-30-19-22-36(44(2,3)4)37(26-30)45-41(46)27-35-33-14-8-10-16-39(33)51-40-17-11-9-15-34(35)40/h8-11,14-17,19-20,22-24,26,29,32,35H,5-7,12-13,18,21,25,27H2,1-4H3,(H,45,46)(H,47,48). The molecule has 2 aliphatic rings. The Kier molecular flexibility index (Phi) is 11.3. The molecule has 0 spiro atoms. The smallest absolute Gasteiger partial charge is 0.478 e. The number of aromatic carboxylic acids is 1. The third kappa shape index (κ3) is 9.02. The Bertz CT molecular complexity index is 1870. The number of hydrogen-bond donors (Lipinski definition) is 2. The predicted molar refractivity (Wildman–Crippen MR) is 202 cm³/mol. The van der Waals surface area contributed by atoms with Crippen molar-refractivity contribution in [2.24, 2.45) is 5.92 Å². The highest BCUT2D eigenvalue weighted by Gasteiger charge is 2.30. The molecule has 0 radical (unpaired) electrons. The topological polar surface area (TPSA) is 111 Å². The first-order valence-corrected chi connectivity index (χ1v) is 18.5. The molecule has 4 aromatic carbocycles. The number of ether oxygens (including phenoxy) is 3. The van der Waals surface area contributed by atoms with E-state index in [0.717, 1.165) is 58.7 Å². The van der Waals surface area contributed by atoms with E-state index in [2.05, 4.69) is 44.3 Å². The molecule has 1 unspecified atom stereocenters. The first-order chi connectivity index (χ1) is 24.9. The maximum atomic E-state index is 13.9. The Balaban J connectivity index is 1.17. The van der Waals surface area contributed by atoms with Crippen LogP contribution in [0, 0.1) is 12.8 Å². The normalized spacial score (nSPS) is 15.1. The number of amides is 1. The van der Waals surface area contributed by atoms with Gasteiger partial charge in [-0.25, -0.2) is 9.59 Å². The number of para-hydroxylation sites is 2. The third-order valence-corrected chi connectivity index (χ3v) is 10.3. The lowest BCUT2D eigenvalue weighted by molar-refractivity contribution is -0.116. The van der Waals surface area contributed by atoms with Crippen LogP contribution in [-0.4, -0.2) is 29.2 Å². The van der Waals surface area contributed by atoms with Gasteiger partial charge in [0.1, 0.15) is 23.4 Å². The van der Waals surface area contributed by atoms with Crippen LogP contribution in [0.3, 0.4) is 0 Å². The van der Waals surface area contributed by atoms with E-state index in [1.54, 1.807) is 6.92 Å². The summed E-state index contributed by atoms with van der Waals surface area (Å²) in [4.78, 5) is 38.3. The number of rotatable bonds is 11. The number of carboxylic acids is 1. The molecule has 1 atom stereocenters. The van der Waals surface area contributed by atoms with Crippen molar-refractivity contribution in [2.75, 3.05) is 5.32 Å². The molecule has 8 nitrogen and oxygen atoms in total. The van der Waals surface area contributed by atoms with Gasteiger partial charge in [-0.05, 0) is 90.6 Å². The van der Waals surface area contributed by atoms with Crippen LogP contribution in [0.4, 0.5) is 10.5 Å². The molecule has 0 aromatic heterocycles. The second-order valence-electron chi connectivity index (χ2n) is 15.3. The van der Waals surface area contributed by atoms with Gasteiger partial charge < -0.3 is 24.6 Å². The van der Waals surface area contributed by atoms with Gasteiger partial charge in [0.05, 0.1) is 5.56 Å². The Morgan fingerprint density at radius 3 is 2.19 bits per heavy atom. The molecule has 0 bridgehead atoms. The molecule has 6 rings (SSSR count). The molecular formula is C44H49NO7. The first-order valence-electron chi connectivity index (χ1n) is 18.5. The van der Waals surface area contributed by atoms with E-state index in [4.69, 9.17) is 14.2 Å². The molecule has 0 saturated heterocycles. The van der Waals surface area contributed by atoms with Crippen LogP contribution < -0.4 is 14.8 Å². The molecule has 52 heavy (non-hydrogen) atoms. The molecular weight excluding hydrogens is 654 g/mol. The second kappa shape index (κ2) is 16.1. The Hall–Kier alpha value is -5.11. The van der Waals surface area contributed by atoms with Crippen molar-refractivity contribution >= 4 is 23.7 Å². The molecule has 1 heterocycles. The van der Waals surface area contributed by atoms with E-state index in [9.17, 15) is 19.5 Å². The molecule has 1 fully saturated rings. The van der Waals surface area contributed by atoms with E-state index in [-0.39, 0.29) is 41.1 Å². The summed E-state index contributed by atoms with van der Waals surface area (Å²) < 4.78 is 17.7. The van der Waals surface area contributed by atoms with Crippen LogP contribution in [0.5, 0.6) is 17.2 Å². The SMILES string of the molecule is Cc1cc(C(=O)O)ccc1OC(=O)OC(CCc1ccc(C(C)(C)C)c(NC(=O)CC2c3ccccc3Oc3ccccc32)c1)CC1CCCCC1. The number of carbonyl (C=O) groups excluding carboxylic acids is 2.